The molecule has 13 heteroatoms. The SMILES string of the molecule is Cc1cc(Nc2ncc(C(F)(F)F)c(NCc3cccc(NS(C)(=O)=O)c3)n2)ccc1C(N)=O. The Labute approximate surface area is 193 Å². The van der Waals surface area contributed by atoms with Gasteiger partial charge < -0.3 is 16.4 Å². The summed E-state index contributed by atoms with van der Waals surface area (Å²) < 4.78 is 65.6. The number of halogens is 3. The Morgan fingerprint density at radius 1 is 1.12 bits per heavy atom. The van der Waals surface area contributed by atoms with Crippen molar-refractivity contribution < 1.29 is 26.4 Å². The zero-order valence-corrected chi connectivity index (χ0v) is 18.9. The molecule has 0 atom stereocenters. The topological polar surface area (TPSA) is 139 Å². The lowest BCUT2D eigenvalue weighted by atomic mass is 10.1. The summed E-state index contributed by atoms with van der Waals surface area (Å²) in [6, 6.07) is 10.8. The van der Waals surface area contributed by atoms with Crippen molar-refractivity contribution in [3.05, 3.63) is 70.9 Å². The van der Waals surface area contributed by atoms with E-state index in [1.54, 1.807) is 25.1 Å². The molecule has 180 valence electrons. The highest BCUT2D eigenvalue weighted by atomic mass is 32.2. The van der Waals surface area contributed by atoms with Gasteiger partial charge in [-0.2, -0.15) is 18.2 Å². The van der Waals surface area contributed by atoms with Crippen molar-refractivity contribution in [3.63, 3.8) is 0 Å². The number of nitrogens with zero attached hydrogens (tertiary/aromatic N) is 2. The van der Waals surface area contributed by atoms with Crippen molar-refractivity contribution >= 4 is 39.1 Å². The first-order valence-electron chi connectivity index (χ1n) is 9.74. The predicted molar refractivity (Wildman–Crippen MR) is 122 cm³/mol. The Balaban J connectivity index is 1.85. The summed E-state index contributed by atoms with van der Waals surface area (Å²) in [4.78, 5) is 19.1. The molecule has 5 N–H and O–H groups in total. The van der Waals surface area contributed by atoms with Crippen LogP contribution in [0.15, 0.2) is 48.7 Å². The number of primary amides is 1. The number of aryl methyl sites for hydroxylation is 1. The number of nitrogens with one attached hydrogen (secondary N) is 3. The summed E-state index contributed by atoms with van der Waals surface area (Å²) in [6.45, 7) is 1.60. The highest BCUT2D eigenvalue weighted by Crippen LogP contribution is 2.34. The standard InChI is InChI=1S/C21H21F3N6O3S/c1-12-8-14(6-7-16(12)18(25)31)28-20-27-11-17(21(22,23)24)19(29-20)26-10-13-4-3-5-15(9-13)30-34(2,32)33/h3-9,11,30H,10H2,1-2H3,(H2,25,31)(H2,26,27,28,29). The van der Waals surface area contributed by atoms with Gasteiger partial charge in [0.1, 0.15) is 11.4 Å². The van der Waals surface area contributed by atoms with E-state index in [0.717, 1.165) is 6.26 Å². The lowest BCUT2D eigenvalue weighted by Crippen LogP contribution is -2.15. The molecule has 0 aliphatic rings. The highest BCUT2D eigenvalue weighted by molar-refractivity contribution is 7.92. The Kier molecular flexibility index (Phi) is 6.96. The van der Waals surface area contributed by atoms with E-state index in [1.165, 1.54) is 24.3 Å². The van der Waals surface area contributed by atoms with Crippen LogP contribution in [0.3, 0.4) is 0 Å². The molecule has 1 aromatic heterocycles. The Bertz CT molecular complexity index is 1330. The van der Waals surface area contributed by atoms with Crippen LogP contribution >= 0.6 is 0 Å². The number of carbonyl (C=O) groups excluding carboxylic acids is 1. The van der Waals surface area contributed by atoms with E-state index in [-0.39, 0.29) is 18.2 Å². The van der Waals surface area contributed by atoms with Gasteiger partial charge in [-0.25, -0.2) is 13.4 Å². The largest absolute Gasteiger partial charge is 0.421 e. The quantitative estimate of drug-likeness (QED) is 0.375. The van der Waals surface area contributed by atoms with E-state index >= 15 is 0 Å². The van der Waals surface area contributed by atoms with Crippen LogP contribution in [-0.2, 0) is 22.7 Å². The highest BCUT2D eigenvalue weighted by Gasteiger charge is 2.35. The number of aromatic nitrogens is 2. The second-order valence-corrected chi connectivity index (χ2v) is 9.15. The van der Waals surface area contributed by atoms with E-state index in [4.69, 9.17) is 5.73 Å². The summed E-state index contributed by atoms with van der Waals surface area (Å²) in [5, 5.41) is 5.44. The molecule has 9 nitrogen and oxygen atoms in total. The molecule has 0 unspecified atom stereocenters. The number of alkyl halides is 3. The fourth-order valence-electron chi connectivity index (χ4n) is 3.08. The molecule has 0 saturated heterocycles. The van der Waals surface area contributed by atoms with Crippen LogP contribution in [0.4, 0.5) is 36.3 Å². The third-order valence-corrected chi connectivity index (χ3v) is 5.14. The second kappa shape index (κ2) is 9.55. The van der Waals surface area contributed by atoms with Crippen molar-refractivity contribution in [3.8, 4) is 0 Å². The Morgan fingerprint density at radius 3 is 2.47 bits per heavy atom. The van der Waals surface area contributed by atoms with E-state index in [2.05, 4.69) is 25.3 Å². The van der Waals surface area contributed by atoms with Crippen LogP contribution in [0, 0.1) is 6.92 Å². The molecule has 0 aliphatic heterocycles. The first kappa shape index (κ1) is 24.8. The van der Waals surface area contributed by atoms with Gasteiger partial charge >= 0.3 is 6.18 Å². The maximum atomic E-state index is 13.5. The molecule has 0 saturated carbocycles. The van der Waals surface area contributed by atoms with E-state index in [1.807, 2.05) is 0 Å². The zero-order chi connectivity index (χ0) is 25.1. The van der Waals surface area contributed by atoms with E-state index in [0.29, 0.717) is 28.6 Å². The Hall–Kier alpha value is -3.87. The molecular weight excluding hydrogens is 473 g/mol. The number of nitrogens with two attached hydrogens (primary N) is 1. The van der Waals surface area contributed by atoms with Gasteiger partial charge in [-0.1, -0.05) is 12.1 Å². The molecule has 0 bridgehead atoms. The molecule has 2 aromatic carbocycles. The maximum absolute atomic E-state index is 13.5. The molecule has 3 aromatic rings. The average Bonchev–Trinajstić information content (AvgIpc) is 2.70. The number of sulfonamides is 1. The minimum atomic E-state index is -4.71. The van der Waals surface area contributed by atoms with E-state index < -0.39 is 33.5 Å². The van der Waals surface area contributed by atoms with Crippen LogP contribution in [0.25, 0.3) is 0 Å². The number of amides is 1. The fourth-order valence-corrected chi connectivity index (χ4v) is 3.63. The second-order valence-electron chi connectivity index (χ2n) is 7.40. The van der Waals surface area contributed by atoms with Crippen LogP contribution in [-0.4, -0.2) is 30.5 Å². The van der Waals surface area contributed by atoms with Gasteiger partial charge in [0.05, 0.1) is 6.26 Å². The molecule has 34 heavy (non-hydrogen) atoms. The maximum Gasteiger partial charge on any atom is 0.421 e. The number of rotatable bonds is 8. The van der Waals surface area contributed by atoms with Crippen LogP contribution < -0.4 is 21.1 Å². The van der Waals surface area contributed by atoms with Gasteiger partial charge in [0.15, 0.2) is 0 Å². The normalized spacial score (nSPS) is 11.7. The lowest BCUT2D eigenvalue weighted by molar-refractivity contribution is -0.137. The Morgan fingerprint density at radius 2 is 1.85 bits per heavy atom. The number of hydrogen-bond acceptors (Lipinski definition) is 7. The lowest BCUT2D eigenvalue weighted by Gasteiger charge is -2.15. The fraction of sp³-hybridized carbons (Fsp3) is 0.190. The summed E-state index contributed by atoms with van der Waals surface area (Å²) in [5.74, 6) is -1.16. The van der Waals surface area contributed by atoms with Gasteiger partial charge in [0.2, 0.25) is 21.9 Å². The number of hydrogen-bond donors (Lipinski definition) is 4. The molecule has 3 rings (SSSR count). The van der Waals surface area contributed by atoms with Crippen LogP contribution in [0.5, 0.6) is 0 Å². The minimum Gasteiger partial charge on any atom is -0.366 e. The summed E-state index contributed by atoms with van der Waals surface area (Å²) >= 11 is 0. The van der Waals surface area contributed by atoms with E-state index in [9.17, 15) is 26.4 Å². The average molecular weight is 494 g/mol. The number of anilines is 4. The zero-order valence-electron chi connectivity index (χ0n) is 18.1. The van der Waals surface area contributed by atoms with Gasteiger partial charge in [-0.15, -0.1) is 0 Å². The minimum absolute atomic E-state index is 0.0643. The molecule has 0 radical (unpaired) electrons. The molecule has 0 fully saturated rings. The van der Waals surface area contributed by atoms with Crippen molar-refractivity contribution in [1.29, 1.82) is 0 Å². The van der Waals surface area contributed by atoms with Crippen LogP contribution in [0.1, 0.15) is 27.0 Å². The molecular formula is C21H21F3N6O3S. The third-order valence-electron chi connectivity index (χ3n) is 4.53. The molecule has 1 amide bonds. The van der Waals surface area contributed by atoms with Gasteiger partial charge in [0.25, 0.3) is 0 Å². The van der Waals surface area contributed by atoms with Gasteiger partial charge in [-0.3, -0.25) is 9.52 Å². The molecule has 0 aliphatic carbocycles. The van der Waals surface area contributed by atoms with Crippen molar-refractivity contribution in [1.82, 2.24) is 9.97 Å². The van der Waals surface area contributed by atoms with Gasteiger partial charge in [0, 0.05) is 29.7 Å². The monoisotopic (exact) mass is 494 g/mol. The summed E-state index contributed by atoms with van der Waals surface area (Å²) in [7, 11) is -3.51. The number of carbonyl (C=O) groups is 1. The summed E-state index contributed by atoms with van der Waals surface area (Å²) in [5.41, 5.74) is 6.35. The van der Waals surface area contributed by atoms with Gasteiger partial charge in [-0.05, 0) is 48.4 Å². The van der Waals surface area contributed by atoms with Crippen LogP contribution in [0.2, 0.25) is 0 Å². The van der Waals surface area contributed by atoms with Crippen molar-refractivity contribution in [2.45, 2.75) is 19.6 Å². The number of benzene rings is 2. The third kappa shape index (κ3) is 6.57. The molecule has 1 heterocycles. The first-order valence-corrected chi connectivity index (χ1v) is 11.6. The predicted octanol–water partition coefficient (Wildman–Crippen LogP) is 3.63. The smallest absolute Gasteiger partial charge is 0.366 e. The van der Waals surface area contributed by atoms with Crippen molar-refractivity contribution in [2.24, 2.45) is 5.73 Å². The first-order chi connectivity index (χ1) is 15.8. The van der Waals surface area contributed by atoms with Crippen molar-refractivity contribution in [2.75, 3.05) is 21.6 Å². The molecule has 0 spiro atoms. The summed E-state index contributed by atoms with van der Waals surface area (Å²) in [6.07, 6.45) is -3.06.